The third-order valence-corrected chi connectivity index (χ3v) is 6.15. The molecular formula is C23H23ClN4O2. The second-order valence-electron chi connectivity index (χ2n) is 8.21. The van der Waals surface area contributed by atoms with Crippen LogP contribution in [0.4, 0.5) is 0 Å². The summed E-state index contributed by atoms with van der Waals surface area (Å²) in [6.45, 7) is 3.29. The van der Waals surface area contributed by atoms with Crippen LogP contribution in [0.5, 0.6) is 0 Å². The first-order valence-electron chi connectivity index (χ1n) is 10.4. The van der Waals surface area contributed by atoms with Crippen LogP contribution in [0, 0.1) is 6.92 Å². The number of aryl methyl sites for hydroxylation is 1. The van der Waals surface area contributed by atoms with Gasteiger partial charge in [-0.05, 0) is 50.8 Å². The summed E-state index contributed by atoms with van der Waals surface area (Å²) >= 11 is 6.05. The van der Waals surface area contributed by atoms with Crippen molar-refractivity contribution in [2.24, 2.45) is 0 Å². The van der Waals surface area contributed by atoms with Crippen molar-refractivity contribution in [3.8, 4) is 11.3 Å². The molecule has 0 spiro atoms. The third-order valence-electron chi connectivity index (χ3n) is 5.91. The molecular weight excluding hydrogens is 400 g/mol. The van der Waals surface area contributed by atoms with Crippen LogP contribution in [-0.2, 0) is 0 Å². The van der Waals surface area contributed by atoms with E-state index < -0.39 is 0 Å². The fourth-order valence-electron chi connectivity index (χ4n) is 4.10. The Morgan fingerprint density at radius 3 is 2.60 bits per heavy atom. The predicted octanol–water partition coefficient (Wildman–Crippen LogP) is 4.99. The molecule has 0 unspecified atom stereocenters. The lowest BCUT2D eigenvalue weighted by molar-refractivity contribution is 0.0712. The van der Waals surface area contributed by atoms with Crippen LogP contribution in [0.25, 0.3) is 11.3 Å². The molecule has 0 N–H and O–H groups in total. The minimum atomic E-state index is 0.0309. The molecule has 1 aliphatic heterocycles. The minimum Gasteiger partial charge on any atom is -0.356 e. The summed E-state index contributed by atoms with van der Waals surface area (Å²) < 4.78 is 5.52. The van der Waals surface area contributed by atoms with Crippen molar-refractivity contribution in [3.05, 3.63) is 64.3 Å². The molecule has 1 aliphatic carbocycles. The van der Waals surface area contributed by atoms with Gasteiger partial charge in [-0.1, -0.05) is 22.8 Å². The average Bonchev–Trinajstić information content (AvgIpc) is 3.53. The Labute approximate surface area is 180 Å². The number of hydrogen-bond donors (Lipinski definition) is 0. The highest BCUT2D eigenvalue weighted by Gasteiger charge is 2.31. The number of rotatable bonds is 4. The van der Waals surface area contributed by atoms with E-state index in [-0.39, 0.29) is 11.8 Å². The van der Waals surface area contributed by atoms with Crippen LogP contribution < -0.4 is 0 Å². The van der Waals surface area contributed by atoms with Crippen LogP contribution in [0.2, 0.25) is 5.02 Å². The molecule has 1 saturated heterocycles. The molecule has 1 aromatic carbocycles. The maximum Gasteiger partial charge on any atom is 0.253 e. The molecule has 0 atom stereocenters. The molecule has 1 amide bonds. The van der Waals surface area contributed by atoms with E-state index in [4.69, 9.17) is 21.1 Å². The Balaban J connectivity index is 1.37. The topological polar surface area (TPSA) is 72.1 Å². The zero-order chi connectivity index (χ0) is 20.7. The molecule has 30 heavy (non-hydrogen) atoms. The lowest BCUT2D eigenvalue weighted by atomic mass is 9.89. The van der Waals surface area contributed by atoms with E-state index in [1.54, 1.807) is 12.1 Å². The average molecular weight is 423 g/mol. The Kier molecular flexibility index (Phi) is 5.03. The first-order chi connectivity index (χ1) is 14.6. The van der Waals surface area contributed by atoms with Gasteiger partial charge in [-0.15, -0.1) is 0 Å². The fraction of sp³-hybridized carbons (Fsp3) is 0.391. The van der Waals surface area contributed by atoms with Gasteiger partial charge in [0.25, 0.3) is 5.91 Å². The number of amides is 1. The number of hydrogen-bond acceptors (Lipinski definition) is 5. The SMILES string of the molecule is Cc1cc(-c2cnc(C3CC3)nc2C2CCN(C(=O)c3cccc(Cl)c3)CC2)on1. The van der Waals surface area contributed by atoms with Crippen molar-refractivity contribution < 1.29 is 9.32 Å². The van der Waals surface area contributed by atoms with E-state index >= 15 is 0 Å². The molecule has 0 radical (unpaired) electrons. The van der Waals surface area contributed by atoms with Gasteiger partial charge in [-0.2, -0.15) is 0 Å². The fourth-order valence-corrected chi connectivity index (χ4v) is 4.29. The van der Waals surface area contributed by atoms with Crippen LogP contribution in [-0.4, -0.2) is 39.0 Å². The summed E-state index contributed by atoms with van der Waals surface area (Å²) in [5.41, 5.74) is 3.42. The van der Waals surface area contributed by atoms with Gasteiger partial charge in [-0.25, -0.2) is 9.97 Å². The first kappa shape index (κ1) is 19.2. The number of benzene rings is 1. The number of likely N-dealkylation sites (tertiary alicyclic amines) is 1. The van der Waals surface area contributed by atoms with Crippen molar-refractivity contribution >= 4 is 17.5 Å². The summed E-state index contributed by atoms with van der Waals surface area (Å²) in [6.07, 6.45) is 5.92. The molecule has 154 valence electrons. The maximum absolute atomic E-state index is 12.9. The Morgan fingerprint density at radius 2 is 1.93 bits per heavy atom. The maximum atomic E-state index is 12.9. The Morgan fingerprint density at radius 1 is 1.13 bits per heavy atom. The normalized spacial score (nSPS) is 17.3. The van der Waals surface area contributed by atoms with Gasteiger partial charge in [0.2, 0.25) is 0 Å². The van der Waals surface area contributed by atoms with Crippen LogP contribution in [0.15, 0.2) is 41.1 Å². The van der Waals surface area contributed by atoms with E-state index in [1.165, 1.54) is 0 Å². The summed E-state index contributed by atoms with van der Waals surface area (Å²) in [6, 6.07) is 9.07. The van der Waals surface area contributed by atoms with Gasteiger partial charge in [0, 0.05) is 47.8 Å². The van der Waals surface area contributed by atoms with Crippen molar-refractivity contribution in [1.82, 2.24) is 20.0 Å². The predicted molar refractivity (Wildman–Crippen MR) is 114 cm³/mol. The zero-order valence-electron chi connectivity index (χ0n) is 16.8. The Bertz CT molecular complexity index is 1080. The molecule has 3 heterocycles. The van der Waals surface area contributed by atoms with Gasteiger partial charge in [0.1, 0.15) is 5.82 Å². The van der Waals surface area contributed by atoms with E-state index in [2.05, 4.69) is 10.1 Å². The smallest absolute Gasteiger partial charge is 0.253 e. The van der Waals surface area contributed by atoms with E-state index in [0.29, 0.717) is 35.4 Å². The van der Waals surface area contributed by atoms with Crippen molar-refractivity contribution in [2.45, 2.75) is 44.4 Å². The van der Waals surface area contributed by atoms with Gasteiger partial charge < -0.3 is 9.42 Å². The standard InChI is InChI=1S/C23H23ClN4O2/c1-14-11-20(30-27-14)19-13-25-22(16-5-6-16)26-21(19)15-7-9-28(10-8-15)23(29)17-3-2-4-18(24)12-17/h2-4,11-13,15-16H,5-10H2,1H3. The molecule has 0 bridgehead atoms. The van der Waals surface area contributed by atoms with Crippen molar-refractivity contribution in [3.63, 3.8) is 0 Å². The van der Waals surface area contributed by atoms with Gasteiger partial charge in [0.15, 0.2) is 5.76 Å². The quantitative estimate of drug-likeness (QED) is 0.592. The number of piperidine rings is 1. The highest BCUT2D eigenvalue weighted by molar-refractivity contribution is 6.30. The molecule has 2 aliphatic rings. The van der Waals surface area contributed by atoms with Gasteiger partial charge in [0.05, 0.1) is 17.0 Å². The second-order valence-corrected chi connectivity index (χ2v) is 8.65. The monoisotopic (exact) mass is 422 g/mol. The number of aromatic nitrogens is 3. The van der Waals surface area contributed by atoms with Crippen LogP contribution in [0.3, 0.4) is 0 Å². The largest absolute Gasteiger partial charge is 0.356 e. The molecule has 2 aromatic heterocycles. The van der Waals surface area contributed by atoms with E-state index in [1.807, 2.05) is 36.2 Å². The zero-order valence-corrected chi connectivity index (χ0v) is 17.6. The number of carbonyl (C=O) groups excluding carboxylic acids is 1. The number of carbonyl (C=O) groups is 1. The second kappa shape index (κ2) is 7.84. The minimum absolute atomic E-state index is 0.0309. The van der Waals surface area contributed by atoms with Crippen LogP contribution in [0.1, 0.15) is 65.1 Å². The molecule has 5 rings (SSSR count). The van der Waals surface area contributed by atoms with Gasteiger partial charge >= 0.3 is 0 Å². The summed E-state index contributed by atoms with van der Waals surface area (Å²) in [5, 5.41) is 4.61. The van der Waals surface area contributed by atoms with Gasteiger partial charge in [-0.3, -0.25) is 4.79 Å². The third kappa shape index (κ3) is 3.84. The van der Waals surface area contributed by atoms with E-state index in [0.717, 1.165) is 48.5 Å². The van der Waals surface area contributed by atoms with Crippen molar-refractivity contribution in [2.75, 3.05) is 13.1 Å². The Hall–Kier alpha value is -2.73. The molecule has 2 fully saturated rings. The highest BCUT2D eigenvalue weighted by atomic mass is 35.5. The summed E-state index contributed by atoms with van der Waals surface area (Å²) in [7, 11) is 0. The lowest BCUT2D eigenvalue weighted by Gasteiger charge is -2.32. The van der Waals surface area contributed by atoms with Crippen molar-refractivity contribution in [1.29, 1.82) is 0 Å². The number of halogens is 1. The lowest BCUT2D eigenvalue weighted by Crippen LogP contribution is -2.38. The molecule has 3 aromatic rings. The first-order valence-corrected chi connectivity index (χ1v) is 10.8. The molecule has 6 nitrogen and oxygen atoms in total. The number of nitrogens with zero attached hydrogens (tertiary/aromatic N) is 4. The molecule has 1 saturated carbocycles. The summed E-state index contributed by atoms with van der Waals surface area (Å²) in [4.78, 5) is 24.3. The summed E-state index contributed by atoms with van der Waals surface area (Å²) in [5.74, 6) is 2.42. The molecule has 7 heteroatoms. The highest BCUT2D eigenvalue weighted by Crippen LogP contribution is 2.41. The van der Waals surface area contributed by atoms with E-state index in [9.17, 15) is 4.79 Å². The van der Waals surface area contributed by atoms with Crippen LogP contribution >= 0.6 is 11.6 Å².